The van der Waals surface area contributed by atoms with E-state index in [4.69, 9.17) is 4.42 Å². The van der Waals surface area contributed by atoms with Crippen molar-refractivity contribution in [1.29, 1.82) is 0 Å². The largest absolute Gasteiger partial charge is 0.442 e. The zero-order chi connectivity index (χ0) is 12.8. The van der Waals surface area contributed by atoms with Gasteiger partial charge in [-0.15, -0.1) is 0 Å². The van der Waals surface area contributed by atoms with E-state index in [-0.39, 0.29) is 11.9 Å². The number of nitrogens with zero attached hydrogens (tertiary/aromatic N) is 2. The average molecular weight is 258 g/mol. The van der Waals surface area contributed by atoms with E-state index in [0.29, 0.717) is 28.8 Å². The lowest BCUT2D eigenvalue weighted by Crippen LogP contribution is -2.44. The molecule has 3 heterocycles. The molecular formula is C13H14N4O2. The molecule has 98 valence electrons. The third kappa shape index (κ3) is 1.79. The zero-order valence-electron chi connectivity index (χ0n) is 10.3. The van der Waals surface area contributed by atoms with Crippen molar-refractivity contribution in [2.75, 3.05) is 6.54 Å². The van der Waals surface area contributed by atoms with Crippen LogP contribution in [-0.4, -0.2) is 34.5 Å². The molecule has 1 aliphatic carbocycles. The summed E-state index contributed by atoms with van der Waals surface area (Å²) >= 11 is 0. The van der Waals surface area contributed by atoms with Crippen molar-refractivity contribution in [3.63, 3.8) is 0 Å². The van der Waals surface area contributed by atoms with E-state index >= 15 is 0 Å². The number of nitrogens with one attached hydrogen (secondary N) is 2. The van der Waals surface area contributed by atoms with Crippen LogP contribution in [0, 0.1) is 5.92 Å². The first-order valence-corrected chi connectivity index (χ1v) is 6.53. The van der Waals surface area contributed by atoms with Crippen LogP contribution in [0.15, 0.2) is 23.1 Å². The predicted molar refractivity (Wildman–Crippen MR) is 67.6 cm³/mol. The van der Waals surface area contributed by atoms with Gasteiger partial charge in [0.05, 0.1) is 6.20 Å². The van der Waals surface area contributed by atoms with E-state index in [1.54, 1.807) is 12.3 Å². The van der Waals surface area contributed by atoms with Crippen LogP contribution in [-0.2, 0) is 0 Å². The summed E-state index contributed by atoms with van der Waals surface area (Å²) in [5.41, 5.74) is 1.66. The number of hydrogen-bond acceptors (Lipinski definition) is 5. The van der Waals surface area contributed by atoms with E-state index in [2.05, 4.69) is 20.6 Å². The van der Waals surface area contributed by atoms with Crippen molar-refractivity contribution < 1.29 is 9.21 Å². The van der Waals surface area contributed by atoms with Gasteiger partial charge < -0.3 is 15.1 Å². The molecule has 2 fully saturated rings. The molecule has 19 heavy (non-hydrogen) atoms. The minimum absolute atomic E-state index is 0.123. The Labute approximate surface area is 109 Å². The summed E-state index contributed by atoms with van der Waals surface area (Å²) in [6.45, 7) is 1.01. The van der Waals surface area contributed by atoms with Gasteiger partial charge in [0.1, 0.15) is 11.2 Å². The van der Waals surface area contributed by atoms with Crippen LogP contribution in [0.3, 0.4) is 0 Å². The number of pyridine rings is 1. The molecule has 2 bridgehead atoms. The van der Waals surface area contributed by atoms with Gasteiger partial charge in [-0.25, -0.2) is 9.97 Å². The lowest BCUT2D eigenvalue weighted by atomic mass is 10.0. The Morgan fingerprint density at radius 2 is 2.37 bits per heavy atom. The van der Waals surface area contributed by atoms with Crippen LogP contribution in [0.1, 0.15) is 23.3 Å². The van der Waals surface area contributed by atoms with Crippen molar-refractivity contribution in [3.05, 3.63) is 24.4 Å². The summed E-state index contributed by atoms with van der Waals surface area (Å²) in [4.78, 5) is 20.3. The minimum atomic E-state index is -0.123. The first-order valence-electron chi connectivity index (χ1n) is 6.53. The smallest absolute Gasteiger partial charge is 0.270 e. The molecule has 1 saturated heterocycles. The lowest BCUT2D eigenvalue weighted by Gasteiger charge is -2.23. The van der Waals surface area contributed by atoms with Crippen LogP contribution in [0.5, 0.6) is 0 Å². The first-order chi connectivity index (χ1) is 9.29. The van der Waals surface area contributed by atoms with Crippen LogP contribution >= 0.6 is 0 Å². The molecule has 2 aromatic heterocycles. The fourth-order valence-electron chi connectivity index (χ4n) is 3.14. The molecule has 2 N–H and O–H groups in total. The van der Waals surface area contributed by atoms with Crippen molar-refractivity contribution >= 4 is 17.0 Å². The Morgan fingerprint density at radius 1 is 1.42 bits per heavy atom. The standard InChI is InChI=1S/C13H14N4O2/c18-13(17-9-2-8-1-7(9)4-14-8)11-3-10-12(5-15-11)19-6-16-10/h3,5-9,14H,1-2,4H2,(H,17,18)/t7-,8+,9-/m0/s1. The normalized spacial score (nSPS) is 28.9. The van der Waals surface area contributed by atoms with Gasteiger partial charge in [0.25, 0.3) is 5.91 Å². The van der Waals surface area contributed by atoms with Crippen LogP contribution in [0.2, 0.25) is 0 Å². The number of hydrogen-bond donors (Lipinski definition) is 2. The summed E-state index contributed by atoms with van der Waals surface area (Å²) < 4.78 is 5.11. The summed E-state index contributed by atoms with van der Waals surface area (Å²) in [5, 5.41) is 6.51. The monoisotopic (exact) mass is 258 g/mol. The number of carbonyl (C=O) groups excluding carboxylic acids is 1. The van der Waals surface area contributed by atoms with E-state index in [1.807, 2.05) is 0 Å². The molecule has 2 aliphatic rings. The topological polar surface area (TPSA) is 80.0 Å². The summed E-state index contributed by atoms with van der Waals surface area (Å²) in [6, 6.07) is 2.51. The van der Waals surface area contributed by atoms with Crippen molar-refractivity contribution in [2.45, 2.75) is 24.9 Å². The molecule has 1 saturated carbocycles. The highest BCUT2D eigenvalue weighted by molar-refractivity contribution is 5.95. The second kappa shape index (κ2) is 4.03. The second-order valence-electron chi connectivity index (χ2n) is 5.31. The number of oxazole rings is 1. The third-order valence-electron chi connectivity index (χ3n) is 4.13. The quantitative estimate of drug-likeness (QED) is 0.829. The Morgan fingerprint density at radius 3 is 3.16 bits per heavy atom. The molecule has 2 aromatic rings. The Kier molecular flexibility index (Phi) is 2.32. The Bertz CT molecular complexity index is 638. The van der Waals surface area contributed by atoms with Gasteiger partial charge in [-0.2, -0.15) is 0 Å². The highest BCUT2D eigenvalue weighted by Crippen LogP contribution is 2.31. The number of amides is 1. The molecule has 4 rings (SSSR count). The van der Waals surface area contributed by atoms with E-state index in [9.17, 15) is 4.79 Å². The van der Waals surface area contributed by atoms with Crippen molar-refractivity contribution in [3.8, 4) is 0 Å². The van der Waals surface area contributed by atoms with Gasteiger partial charge in [0.15, 0.2) is 12.0 Å². The third-order valence-corrected chi connectivity index (χ3v) is 4.13. The minimum Gasteiger partial charge on any atom is -0.442 e. The van der Waals surface area contributed by atoms with Crippen molar-refractivity contribution in [1.82, 2.24) is 20.6 Å². The second-order valence-corrected chi connectivity index (χ2v) is 5.31. The van der Waals surface area contributed by atoms with Gasteiger partial charge in [-0.3, -0.25) is 4.79 Å². The molecule has 0 radical (unpaired) electrons. The summed E-state index contributed by atoms with van der Waals surface area (Å²) in [6.07, 6.45) is 5.08. The molecule has 1 aliphatic heterocycles. The Balaban J connectivity index is 1.53. The molecule has 6 nitrogen and oxygen atoms in total. The molecular weight excluding hydrogens is 244 g/mol. The number of aromatic nitrogens is 2. The Hall–Kier alpha value is -1.95. The van der Waals surface area contributed by atoms with E-state index in [0.717, 1.165) is 13.0 Å². The average Bonchev–Trinajstić information content (AvgIpc) is 3.13. The van der Waals surface area contributed by atoms with E-state index in [1.165, 1.54) is 12.8 Å². The van der Waals surface area contributed by atoms with E-state index < -0.39 is 0 Å². The lowest BCUT2D eigenvalue weighted by molar-refractivity contribution is 0.0920. The molecule has 0 spiro atoms. The molecule has 1 amide bonds. The number of piperidine rings is 1. The van der Waals surface area contributed by atoms with Gasteiger partial charge in [0.2, 0.25) is 0 Å². The van der Waals surface area contributed by atoms with Gasteiger partial charge >= 0.3 is 0 Å². The van der Waals surface area contributed by atoms with Crippen molar-refractivity contribution in [2.24, 2.45) is 5.92 Å². The highest BCUT2D eigenvalue weighted by Gasteiger charge is 2.40. The fourth-order valence-corrected chi connectivity index (χ4v) is 3.14. The maximum atomic E-state index is 12.2. The van der Waals surface area contributed by atoms with Crippen LogP contribution < -0.4 is 10.6 Å². The molecule has 6 heteroatoms. The molecule has 0 unspecified atom stereocenters. The molecule has 0 aromatic carbocycles. The maximum absolute atomic E-state index is 12.2. The first kappa shape index (κ1) is 10.9. The molecule has 3 atom stereocenters. The number of rotatable bonds is 2. The highest BCUT2D eigenvalue weighted by atomic mass is 16.3. The van der Waals surface area contributed by atoms with Gasteiger partial charge in [0, 0.05) is 18.6 Å². The van der Waals surface area contributed by atoms with Gasteiger partial charge in [-0.05, 0) is 24.8 Å². The number of fused-ring (bicyclic) bond motifs is 3. The SMILES string of the molecule is O=C(N[C@H]1C[C@H]2C[C@H]1CN2)c1cc2ncoc2cn1. The predicted octanol–water partition coefficient (Wildman–Crippen LogP) is 0.703. The summed E-state index contributed by atoms with van der Waals surface area (Å²) in [7, 11) is 0. The van der Waals surface area contributed by atoms with Crippen LogP contribution in [0.25, 0.3) is 11.1 Å². The zero-order valence-corrected chi connectivity index (χ0v) is 10.3. The number of carbonyl (C=O) groups is 1. The van der Waals surface area contributed by atoms with Crippen LogP contribution in [0.4, 0.5) is 0 Å². The van der Waals surface area contributed by atoms with Gasteiger partial charge in [-0.1, -0.05) is 0 Å². The fraction of sp³-hybridized carbons (Fsp3) is 0.462. The summed E-state index contributed by atoms with van der Waals surface area (Å²) in [5.74, 6) is 0.437. The maximum Gasteiger partial charge on any atom is 0.270 e.